The number of carbonyl (C=O) groups is 1. The van der Waals surface area contributed by atoms with Crippen molar-refractivity contribution >= 4 is 78.1 Å². The second-order valence-corrected chi connectivity index (χ2v) is 22.0. The van der Waals surface area contributed by atoms with Crippen molar-refractivity contribution in [2.24, 2.45) is 5.18 Å². The van der Waals surface area contributed by atoms with Gasteiger partial charge in [0.1, 0.15) is 4.03 Å². The van der Waals surface area contributed by atoms with Crippen LogP contribution in [0.4, 0.5) is 5.69 Å². The first kappa shape index (κ1) is 38.6. The van der Waals surface area contributed by atoms with E-state index in [1.54, 1.807) is 19.3 Å². The SMILES string of the molecule is BrP(Br)Br.CCCOc1c[n+](O)ccc1N=O.CCCOc1cnccc1Br.CCOC(C)=O.[OH-]. The number of carbonyl (C=O) groups excluding carboxylic acids is 1. The van der Waals surface area contributed by atoms with E-state index in [1.807, 2.05) is 13.0 Å². The van der Waals surface area contributed by atoms with E-state index in [4.69, 9.17) is 14.7 Å². The number of nitroso groups, excluding NO2 is 1. The van der Waals surface area contributed by atoms with E-state index in [1.165, 1.54) is 25.4 Å². The van der Waals surface area contributed by atoms with Gasteiger partial charge < -0.3 is 19.7 Å². The predicted octanol–water partition coefficient (Wildman–Crippen LogP) is 7.82. The van der Waals surface area contributed by atoms with E-state index in [-0.39, 0.29) is 21.2 Å². The van der Waals surface area contributed by atoms with Crippen LogP contribution in [-0.2, 0) is 9.53 Å². The molecule has 0 radical (unpaired) electrons. The van der Waals surface area contributed by atoms with E-state index in [9.17, 15) is 9.70 Å². The third kappa shape index (κ3) is 24.5. The van der Waals surface area contributed by atoms with Gasteiger partial charge in [0.15, 0.2) is 11.4 Å². The molecule has 10 nitrogen and oxygen atoms in total. The molecular weight excluding hydrogens is 745 g/mol. The van der Waals surface area contributed by atoms with Crippen LogP contribution in [0.25, 0.3) is 0 Å². The van der Waals surface area contributed by atoms with Crippen LogP contribution >= 0.6 is 66.4 Å². The van der Waals surface area contributed by atoms with Crippen LogP contribution < -0.4 is 14.2 Å². The minimum absolute atomic E-state index is 0. The number of esters is 1. The molecule has 2 heterocycles. The van der Waals surface area contributed by atoms with Crippen LogP contribution in [0.15, 0.2) is 46.6 Å². The van der Waals surface area contributed by atoms with Crippen molar-refractivity contribution in [1.29, 1.82) is 0 Å². The minimum Gasteiger partial charge on any atom is -0.870 e. The molecular formula is C20H30Br4N3O7P. The van der Waals surface area contributed by atoms with Crippen LogP contribution in [0.5, 0.6) is 11.5 Å². The highest BCUT2D eigenvalue weighted by molar-refractivity contribution is 9.93. The van der Waals surface area contributed by atoms with Crippen molar-refractivity contribution in [1.82, 2.24) is 4.98 Å². The lowest BCUT2D eigenvalue weighted by Crippen LogP contribution is -2.28. The average molecular weight is 775 g/mol. The van der Waals surface area contributed by atoms with E-state index >= 15 is 0 Å². The molecule has 2 N–H and O–H groups in total. The quantitative estimate of drug-likeness (QED) is 0.0942. The molecule has 0 aliphatic rings. The lowest BCUT2D eigenvalue weighted by Gasteiger charge is -2.04. The zero-order valence-corrected chi connectivity index (χ0v) is 27.0. The van der Waals surface area contributed by atoms with Gasteiger partial charge in [-0.25, -0.2) is 0 Å². The van der Waals surface area contributed by atoms with Crippen molar-refractivity contribution in [2.75, 3.05) is 19.8 Å². The summed E-state index contributed by atoms with van der Waals surface area (Å²) >= 11 is 12.9. The van der Waals surface area contributed by atoms with Crippen LogP contribution in [-0.4, -0.2) is 41.5 Å². The average Bonchev–Trinajstić information content (AvgIpc) is 2.77. The summed E-state index contributed by atoms with van der Waals surface area (Å²) in [4.78, 5) is 24.0. The Morgan fingerprint density at radius 1 is 1.11 bits per heavy atom. The fraction of sp³-hybridized carbons (Fsp3) is 0.450. The smallest absolute Gasteiger partial charge is 0.302 e. The largest absolute Gasteiger partial charge is 0.870 e. The highest BCUT2D eigenvalue weighted by Gasteiger charge is 2.10. The van der Waals surface area contributed by atoms with Crippen molar-refractivity contribution in [3.8, 4) is 11.5 Å². The van der Waals surface area contributed by atoms with Crippen molar-refractivity contribution in [3.05, 3.63) is 46.3 Å². The highest BCUT2D eigenvalue weighted by atomic mass is 80.0. The van der Waals surface area contributed by atoms with E-state index < -0.39 is 0 Å². The Kier molecular flexibility index (Phi) is 28.8. The Morgan fingerprint density at radius 2 is 1.66 bits per heavy atom. The van der Waals surface area contributed by atoms with E-state index in [2.05, 4.69) is 84.2 Å². The van der Waals surface area contributed by atoms with Gasteiger partial charge in [0, 0.05) is 23.9 Å². The van der Waals surface area contributed by atoms with Crippen LogP contribution in [0.2, 0.25) is 0 Å². The summed E-state index contributed by atoms with van der Waals surface area (Å²) in [6.07, 6.45) is 7.89. The van der Waals surface area contributed by atoms with Crippen molar-refractivity contribution in [3.63, 3.8) is 0 Å². The Bertz CT molecular complexity index is 821. The lowest BCUT2D eigenvalue weighted by atomic mass is 10.4. The molecule has 0 fully saturated rings. The molecule has 2 aromatic heterocycles. The summed E-state index contributed by atoms with van der Waals surface area (Å²) < 4.78 is 16.6. The van der Waals surface area contributed by atoms with Gasteiger partial charge in [0.2, 0.25) is 11.9 Å². The van der Waals surface area contributed by atoms with Crippen LogP contribution in [0.3, 0.4) is 0 Å². The topological polar surface area (TPSA) is 141 Å². The number of aromatic nitrogens is 2. The summed E-state index contributed by atoms with van der Waals surface area (Å²) in [6.45, 7) is 8.91. The van der Waals surface area contributed by atoms with Crippen molar-refractivity contribution in [2.45, 2.75) is 40.5 Å². The van der Waals surface area contributed by atoms with Gasteiger partial charge in [-0.2, -0.15) is 0 Å². The molecule has 0 aliphatic carbocycles. The van der Waals surface area contributed by atoms with E-state index in [0.717, 1.165) is 34.4 Å². The highest BCUT2D eigenvalue weighted by Crippen LogP contribution is 2.59. The molecule has 0 atom stereocenters. The molecule has 0 bridgehead atoms. The van der Waals surface area contributed by atoms with Gasteiger partial charge >= 0.3 is 5.97 Å². The first-order valence-electron chi connectivity index (χ1n) is 9.96. The number of ether oxygens (including phenoxy) is 3. The monoisotopic (exact) mass is 771 g/mol. The summed E-state index contributed by atoms with van der Waals surface area (Å²) in [5.74, 6) is 0.897. The Morgan fingerprint density at radius 3 is 2.06 bits per heavy atom. The maximum absolute atomic E-state index is 10.3. The first-order chi connectivity index (χ1) is 16.1. The summed E-state index contributed by atoms with van der Waals surface area (Å²) in [5.41, 5.74) is 0.193. The fourth-order valence-electron chi connectivity index (χ4n) is 1.74. The maximum Gasteiger partial charge on any atom is 0.302 e. The summed E-state index contributed by atoms with van der Waals surface area (Å²) in [7, 11) is 0. The molecule has 200 valence electrons. The molecule has 0 aliphatic heterocycles. The summed E-state index contributed by atoms with van der Waals surface area (Å²) in [5, 5.41) is 11.8. The lowest BCUT2D eigenvalue weighted by molar-refractivity contribution is -0.904. The number of hydrogen-bond donors (Lipinski definition) is 1. The first-order valence-corrected chi connectivity index (χ1v) is 18.2. The predicted molar refractivity (Wildman–Crippen MR) is 151 cm³/mol. The Labute approximate surface area is 239 Å². The van der Waals surface area contributed by atoms with Gasteiger partial charge in [-0.1, -0.05) is 13.8 Å². The molecule has 0 amide bonds. The summed E-state index contributed by atoms with van der Waals surface area (Å²) in [6, 6.07) is 3.25. The van der Waals surface area contributed by atoms with Crippen molar-refractivity contribution < 1.29 is 34.4 Å². The number of halogens is 4. The Hall–Kier alpha value is -0.920. The molecule has 2 aromatic rings. The molecule has 0 unspecified atom stereocenters. The second kappa shape index (κ2) is 26.2. The molecule has 0 saturated carbocycles. The fourth-order valence-corrected chi connectivity index (χ4v) is 2.08. The zero-order chi connectivity index (χ0) is 26.4. The Balaban J connectivity index is -0.000000422. The number of rotatable bonds is 8. The normalized spacial score (nSPS) is 8.94. The third-order valence-electron chi connectivity index (χ3n) is 2.99. The van der Waals surface area contributed by atoms with Gasteiger partial charge in [-0.3, -0.25) is 15.0 Å². The van der Waals surface area contributed by atoms with Crippen LogP contribution in [0.1, 0.15) is 40.5 Å². The number of hydrogen-bond acceptors (Lipinski definition) is 9. The number of pyridine rings is 2. The molecule has 15 heteroatoms. The zero-order valence-electron chi connectivity index (χ0n) is 19.7. The van der Waals surface area contributed by atoms with Crippen LogP contribution in [0, 0.1) is 4.91 Å². The maximum atomic E-state index is 10.3. The molecule has 2 rings (SSSR count). The third-order valence-corrected chi connectivity index (χ3v) is 3.65. The second-order valence-electron chi connectivity index (χ2n) is 5.78. The van der Waals surface area contributed by atoms with Gasteiger partial charge in [0.25, 0.3) is 6.20 Å². The minimum atomic E-state index is -0.211. The molecule has 0 aromatic carbocycles. The van der Waals surface area contributed by atoms with Gasteiger partial charge in [-0.05, 0) is 93.4 Å². The van der Waals surface area contributed by atoms with Gasteiger partial charge in [-0.15, -0.1) is 4.91 Å². The molecule has 35 heavy (non-hydrogen) atoms. The van der Waals surface area contributed by atoms with Gasteiger partial charge in [0.05, 0.1) is 30.5 Å². The molecule has 0 spiro atoms. The number of nitrogens with zero attached hydrogens (tertiary/aromatic N) is 3. The van der Waals surface area contributed by atoms with E-state index in [0.29, 0.717) is 19.0 Å². The standard InChI is InChI=1S/C8H10BrNO.C8H11N2O3.C4H8O2.Br3P.H2O/c1-2-5-11-8-6-10-4-3-7(8)9;1-2-5-13-8-6-10(12)4-3-7(8)9-11;1-3-6-4(2)5;1-4(2)3;/h3-4,6H,2,5H2,1H3;3-4,6,12H,2,5H2,1H3;3H2,1-2H3;;1H2/q;+1;;;/p-1. The molecule has 0 saturated heterocycles.